The van der Waals surface area contributed by atoms with Crippen LogP contribution in [0.15, 0.2) is 12.3 Å². The van der Waals surface area contributed by atoms with Crippen molar-refractivity contribution in [3.8, 4) is 0 Å². The first-order chi connectivity index (χ1) is 10.6. The number of aromatic nitrogens is 2. The number of carbonyl (C=O) groups is 2. The minimum absolute atomic E-state index is 0.0861. The lowest BCUT2D eigenvalue weighted by atomic mass is 10.1. The molecule has 0 saturated carbocycles. The molecule has 8 nitrogen and oxygen atoms in total. The minimum atomic E-state index is -1.04. The van der Waals surface area contributed by atoms with Crippen LogP contribution in [-0.2, 0) is 32.5 Å². The van der Waals surface area contributed by atoms with Crippen molar-refractivity contribution in [1.82, 2.24) is 15.1 Å². The van der Waals surface area contributed by atoms with Crippen LogP contribution in [0.3, 0.4) is 0 Å². The Balaban J connectivity index is 1.80. The molecule has 0 radical (unpaired) electrons. The second-order valence-corrected chi connectivity index (χ2v) is 5.23. The van der Waals surface area contributed by atoms with Gasteiger partial charge >= 0.3 is 5.97 Å². The Labute approximate surface area is 128 Å². The van der Waals surface area contributed by atoms with Gasteiger partial charge in [0, 0.05) is 32.0 Å². The van der Waals surface area contributed by atoms with Crippen molar-refractivity contribution in [2.75, 3.05) is 19.8 Å². The number of rotatable bonds is 7. The number of amides is 1. The molecular weight excluding hydrogens is 290 g/mol. The van der Waals surface area contributed by atoms with Gasteiger partial charge in [-0.1, -0.05) is 0 Å². The van der Waals surface area contributed by atoms with E-state index in [9.17, 15) is 9.59 Å². The first-order valence-corrected chi connectivity index (χ1v) is 7.23. The molecule has 8 heteroatoms. The van der Waals surface area contributed by atoms with Gasteiger partial charge in [-0.2, -0.15) is 5.10 Å². The van der Waals surface area contributed by atoms with Crippen molar-refractivity contribution < 1.29 is 24.2 Å². The summed E-state index contributed by atoms with van der Waals surface area (Å²) in [6, 6.07) is 1.66. The number of carbonyl (C=O) groups excluding carboxylic acids is 1. The molecule has 1 saturated heterocycles. The third kappa shape index (κ3) is 4.81. The van der Waals surface area contributed by atoms with Crippen LogP contribution in [-0.4, -0.2) is 58.7 Å². The SMILES string of the molecule is Cn1nccc1CCC(=O)N[C@@H]1CCOC[C@H]1OCC(=O)O. The summed E-state index contributed by atoms with van der Waals surface area (Å²) in [6.45, 7) is 0.426. The Bertz CT molecular complexity index is 516. The molecule has 0 unspecified atom stereocenters. The van der Waals surface area contributed by atoms with Crippen molar-refractivity contribution in [3.63, 3.8) is 0 Å². The van der Waals surface area contributed by atoms with Gasteiger partial charge in [0.15, 0.2) is 0 Å². The summed E-state index contributed by atoms with van der Waals surface area (Å²) in [7, 11) is 1.83. The zero-order chi connectivity index (χ0) is 15.9. The van der Waals surface area contributed by atoms with E-state index < -0.39 is 18.7 Å². The number of carboxylic acids is 1. The average Bonchev–Trinajstić information content (AvgIpc) is 2.89. The maximum Gasteiger partial charge on any atom is 0.329 e. The van der Waals surface area contributed by atoms with Crippen molar-refractivity contribution in [3.05, 3.63) is 18.0 Å². The van der Waals surface area contributed by atoms with Crippen LogP contribution in [0.2, 0.25) is 0 Å². The van der Waals surface area contributed by atoms with Crippen LogP contribution >= 0.6 is 0 Å². The molecule has 0 spiro atoms. The molecule has 0 aromatic carbocycles. The second kappa shape index (κ2) is 7.90. The fraction of sp³-hybridized carbons (Fsp3) is 0.643. The average molecular weight is 311 g/mol. The number of ether oxygens (including phenoxy) is 2. The molecule has 2 heterocycles. The molecule has 1 fully saturated rings. The standard InChI is InChI=1S/C14H21N3O5/c1-17-10(4-6-15-17)2-3-13(18)16-11-5-7-21-8-12(11)22-9-14(19)20/h4,6,11-12H,2-3,5,7-9H2,1H3,(H,16,18)(H,19,20)/t11-,12-/m1/s1. The smallest absolute Gasteiger partial charge is 0.329 e. The van der Waals surface area contributed by atoms with Crippen molar-refractivity contribution in [1.29, 1.82) is 0 Å². The Morgan fingerprint density at radius 3 is 3.09 bits per heavy atom. The summed E-state index contributed by atoms with van der Waals surface area (Å²) in [4.78, 5) is 22.6. The van der Waals surface area contributed by atoms with Gasteiger partial charge in [0.2, 0.25) is 5.91 Å². The lowest BCUT2D eigenvalue weighted by Gasteiger charge is -2.31. The molecular formula is C14H21N3O5. The van der Waals surface area contributed by atoms with Gasteiger partial charge < -0.3 is 19.9 Å². The Morgan fingerprint density at radius 2 is 2.41 bits per heavy atom. The maximum atomic E-state index is 12.0. The van der Waals surface area contributed by atoms with Crippen molar-refractivity contribution in [2.24, 2.45) is 7.05 Å². The maximum absolute atomic E-state index is 12.0. The molecule has 1 aliphatic rings. The summed E-state index contributed by atoms with van der Waals surface area (Å²) in [5, 5.41) is 15.6. The summed E-state index contributed by atoms with van der Waals surface area (Å²) < 4.78 is 12.3. The molecule has 1 aromatic rings. The van der Waals surface area contributed by atoms with E-state index in [-0.39, 0.29) is 11.9 Å². The van der Waals surface area contributed by atoms with Gasteiger partial charge in [-0.05, 0) is 18.9 Å². The number of aliphatic carboxylic acids is 1. The van der Waals surface area contributed by atoms with E-state index >= 15 is 0 Å². The van der Waals surface area contributed by atoms with Crippen molar-refractivity contribution in [2.45, 2.75) is 31.4 Å². The number of hydrogen-bond acceptors (Lipinski definition) is 5. The highest BCUT2D eigenvalue weighted by Crippen LogP contribution is 2.12. The lowest BCUT2D eigenvalue weighted by molar-refractivity contribution is -0.149. The third-order valence-electron chi connectivity index (χ3n) is 3.60. The number of nitrogens with zero attached hydrogens (tertiary/aromatic N) is 2. The molecule has 122 valence electrons. The first-order valence-electron chi connectivity index (χ1n) is 7.23. The largest absolute Gasteiger partial charge is 0.480 e. The predicted molar refractivity (Wildman–Crippen MR) is 76.3 cm³/mol. The molecule has 2 atom stereocenters. The first kappa shape index (κ1) is 16.4. The van der Waals surface area contributed by atoms with E-state index in [0.717, 1.165) is 5.69 Å². The van der Waals surface area contributed by atoms with Crippen LogP contribution in [0.4, 0.5) is 0 Å². The van der Waals surface area contributed by atoms with Crippen LogP contribution < -0.4 is 5.32 Å². The highest BCUT2D eigenvalue weighted by atomic mass is 16.5. The summed E-state index contributed by atoms with van der Waals surface area (Å²) >= 11 is 0. The molecule has 0 aliphatic carbocycles. The predicted octanol–water partition coefficient (Wildman–Crippen LogP) is -0.272. The van der Waals surface area contributed by atoms with Crippen LogP contribution in [0, 0.1) is 0 Å². The van der Waals surface area contributed by atoms with Gasteiger partial charge in [0.1, 0.15) is 12.7 Å². The number of carboxylic acid groups (broad SMARTS) is 1. The minimum Gasteiger partial charge on any atom is -0.480 e. The van der Waals surface area contributed by atoms with Gasteiger partial charge in [-0.25, -0.2) is 4.79 Å². The normalized spacial score (nSPS) is 21.5. The van der Waals surface area contributed by atoms with E-state index in [1.54, 1.807) is 10.9 Å². The van der Waals surface area contributed by atoms with Crippen LogP contribution in [0.25, 0.3) is 0 Å². The highest BCUT2D eigenvalue weighted by molar-refractivity contribution is 5.76. The number of nitrogens with one attached hydrogen (secondary N) is 1. The Hall–Kier alpha value is -1.93. The van der Waals surface area contributed by atoms with Gasteiger partial charge in [-0.3, -0.25) is 9.48 Å². The molecule has 1 aliphatic heterocycles. The molecule has 0 bridgehead atoms. The monoisotopic (exact) mass is 311 g/mol. The molecule has 2 rings (SSSR count). The second-order valence-electron chi connectivity index (χ2n) is 5.23. The molecule has 2 N–H and O–H groups in total. The summed E-state index contributed by atoms with van der Waals surface area (Å²) in [6.07, 6.45) is 2.84. The van der Waals surface area contributed by atoms with Gasteiger partial charge in [0.05, 0.1) is 12.6 Å². The fourth-order valence-corrected chi connectivity index (χ4v) is 2.39. The van der Waals surface area contributed by atoms with E-state index in [0.29, 0.717) is 32.5 Å². The van der Waals surface area contributed by atoms with E-state index in [1.807, 2.05) is 13.1 Å². The van der Waals surface area contributed by atoms with E-state index in [1.165, 1.54) is 0 Å². The molecule has 1 aromatic heterocycles. The topological polar surface area (TPSA) is 103 Å². The Kier molecular flexibility index (Phi) is 5.91. The number of hydrogen-bond donors (Lipinski definition) is 2. The van der Waals surface area contributed by atoms with Crippen LogP contribution in [0.5, 0.6) is 0 Å². The number of aryl methyl sites for hydroxylation is 2. The summed E-state index contributed by atoms with van der Waals surface area (Å²) in [5.74, 6) is -1.12. The summed E-state index contributed by atoms with van der Waals surface area (Å²) in [5.41, 5.74) is 0.987. The zero-order valence-corrected chi connectivity index (χ0v) is 12.5. The quantitative estimate of drug-likeness (QED) is 0.718. The molecule has 22 heavy (non-hydrogen) atoms. The highest BCUT2D eigenvalue weighted by Gasteiger charge is 2.28. The zero-order valence-electron chi connectivity index (χ0n) is 12.5. The van der Waals surface area contributed by atoms with Gasteiger partial charge in [-0.15, -0.1) is 0 Å². The van der Waals surface area contributed by atoms with Gasteiger partial charge in [0.25, 0.3) is 0 Å². The Morgan fingerprint density at radius 1 is 1.59 bits per heavy atom. The lowest BCUT2D eigenvalue weighted by Crippen LogP contribution is -2.50. The van der Waals surface area contributed by atoms with Crippen molar-refractivity contribution >= 4 is 11.9 Å². The van der Waals surface area contributed by atoms with E-state index in [4.69, 9.17) is 14.6 Å². The molecule has 1 amide bonds. The van der Waals surface area contributed by atoms with E-state index in [2.05, 4.69) is 10.4 Å². The third-order valence-corrected chi connectivity index (χ3v) is 3.60. The van der Waals surface area contributed by atoms with Crippen LogP contribution in [0.1, 0.15) is 18.5 Å². The fourth-order valence-electron chi connectivity index (χ4n) is 2.39.